The molecule has 1 N–H and O–H groups in total. The molecule has 0 spiro atoms. The molecule has 21 heavy (non-hydrogen) atoms. The van der Waals surface area contributed by atoms with E-state index < -0.39 is 0 Å². The van der Waals surface area contributed by atoms with E-state index in [2.05, 4.69) is 30.2 Å². The SMILES string of the molecule is CCNCc1cc(CC)nc(Oc2ccc(Cl)cc2C)c1. The lowest BCUT2D eigenvalue weighted by Crippen LogP contribution is -2.12. The number of benzene rings is 1. The van der Waals surface area contributed by atoms with Crippen molar-refractivity contribution in [2.45, 2.75) is 33.7 Å². The average Bonchev–Trinajstić information content (AvgIpc) is 2.48. The van der Waals surface area contributed by atoms with Crippen molar-refractivity contribution < 1.29 is 4.74 Å². The summed E-state index contributed by atoms with van der Waals surface area (Å²) < 4.78 is 5.93. The van der Waals surface area contributed by atoms with Gasteiger partial charge in [0.2, 0.25) is 5.88 Å². The fraction of sp³-hybridized carbons (Fsp3) is 0.353. The first-order valence-corrected chi connectivity index (χ1v) is 7.64. The fourth-order valence-electron chi connectivity index (χ4n) is 2.07. The van der Waals surface area contributed by atoms with Gasteiger partial charge in [0, 0.05) is 23.3 Å². The summed E-state index contributed by atoms with van der Waals surface area (Å²) in [6.07, 6.45) is 0.885. The minimum atomic E-state index is 0.632. The minimum absolute atomic E-state index is 0.632. The largest absolute Gasteiger partial charge is 0.439 e. The summed E-state index contributed by atoms with van der Waals surface area (Å²) >= 11 is 5.97. The van der Waals surface area contributed by atoms with Gasteiger partial charge in [-0.25, -0.2) is 4.98 Å². The van der Waals surface area contributed by atoms with Crippen LogP contribution in [0.3, 0.4) is 0 Å². The molecule has 4 heteroatoms. The number of pyridine rings is 1. The lowest BCUT2D eigenvalue weighted by Gasteiger charge is -2.11. The predicted molar refractivity (Wildman–Crippen MR) is 87.3 cm³/mol. The van der Waals surface area contributed by atoms with Crippen molar-refractivity contribution >= 4 is 11.6 Å². The van der Waals surface area contributed by atoms with Crippen LogP contribution in [-0.2, 0) is 13.0 Å². The van der Waals surface area contributed by atoms with Crippen LogP contribution >= 0.6 is 11.6 Å². The summed E-state index contributed by atoms with van der Waals surface area (Å²) in [7, 11) is 0. The van der Waals surface area contributed by atoms with E-state index in [1.165, 1.54) is 5.56 Å². The van der Waals surface area contributed by atoms with Gasteiger partial charge in [0.25, 0.3) is 0 Å². The molecule has 112 valence electrons. The molecule has 0 aliphatic heterocycles. The fourth-order valence-corrected chi connectivity index (χ4v) is 2.29. The number of ether oxygens (including phenoxy) is 1. The molecule has 1 aromatic carbocycles. The molecule has 0 fully saturated rings. The third kappa shape index (κ3) is 4.45. The Morgan fingerprint density at radius 1 is 1.19 bits per heavy atom. The molecule has 1 heterocycles. The third-order valence-electron chi connectivity index (χ3n) is 3.21. The van der Waals surface area contributed by atoms with Gasteiger partial charge >= 0.3 is 0 Å². The van der Waals surface area contributed by atoms with Gasteiger partial charge in [-0.15, -0.1) is 0 Å². The van der Waals surface area contributed by atoms with Crippen molar-refractivity contribution in [2.24, 2.45) is 0 Å². The van der Waals surface area contributed by atoms with E-state index in [0.717, 1.165) is 36.5 Å². The molecule has 2 aromatic rings. The molecular formula is C17H21ClN2O. The van der Waals surface area contributed by atoms with Gasteiger partial charge in [-0.2, -0.15) is 0 Å². The van der Waals surface area contributed by atoms with Gasteiger partial charge in [0.1, 0.15) is 5.75 Å². The number of rotatable bonds is 6. The topological polar surface area (TPSA) is 34.2 Å². The molecule has 0 aliphatic rings. The molecule has 0 unspecified atom stereocenters. The first-order chi connectivity index (χ1) is 10.1. The van der Waals surface area contributed by atoms with E-state index in [1.54, 1.807) is 0 Å². The van der Waals surface area contributed by atoms with Crippen molar-refractivity contribution in [3.63, 3.8) is 0 Å². The highest BCUT2D eigenvalue weighted by Gasteiger charge is 2.06. The van der Waals surface area contributed by atoms with E-state index in [9.17, 15) is 0 Å². The van der Waals surface area contributed by atoms with Gasteiger partial charge in [-0.3, -0.25) is 0 Å². The zero-order valence-corrected chi connectivity index (χ0v) is 13.5. The lowest BCUT2D eigenvalue weighted by atomic mass is 10.2. The number of nitrogens with zero attached hydrogens (tertiary/aromatic N) is 1. The second kappa shape index (κ2) is 7.43. The Morgan fingerprint density at radius 2 is 2.00 bits per heavy atom. The zero-order chi connectivity index (χ0) is 15.2. The van der Waals surface area contributed by atoms with Crippen molar-refractivity contribution in [2.75, 3.05) is 6.54 Å². The van der Waals surface area contributed by atoms with Gasteiger partial charge in [-0.05, 0) is 55.3 Å². The van der Waals surface area contributed by atoms with Gasteiger partial charge in [-0.1, -0.05) is 25.4 Å². The first-order valence-electron chi connectivity index (χ1n) is 7.27. The van der Waals surface area contributed by atoms with Crippen LogP contribution < -0.4 is 10.1 Å². The van der Waals surface area contributed by atoms with Crippen LogP contribution in [0, 0.1) is 6.92 Å². The summed E-state index contributed by atoms with van der Waals surface area (Å²) in [5, 5.41) is 4.04. The lowest BCUT2D eigenvalue weighted by molar-refractivity contribution is 0.456. The molecule has 1 aromatic heterocycles. The van der Waals surface area contributed by atoms with Crippen LogP contribution in [0.5, 0.6) is 11.6 Å². The number of hydrogen-bond donors (Lipinski definition) is 1. The van der Waals surface area contributed by atoms with Gasteiger partial charge in [0.05, 0.1) is 0 Å². The average molecular weight is 305 g/mol. The Hall–Kier alpha value is -1.58. The molecule has 0 atom stereocenters. The highest BCUT2D eigenvalue weighted by molar-refractivity contribution is 6.30. The van der Waals surface area contributed by atoms with Crippen LogP contribution in [0.4, 0.5) is 0 Å². The molecule has 0 saturated carbocycles. The van der Waals surface area contributed by atoms with E-state index in [1.807, 2.05) is 31.2 Å². The highest BCUT2D eigenvalue weighted by atomic mass is 35.5. The van der Waals surface area contributed by atoms with Crippen molar-refractivity contribution in [1.29, 1.82) is 0 Å². The quantitative estimate of drug-likeness (QED) is 0.852. The van der Waals surface area contributed by atoms with E-state index in [4.69, 9.17) is 16.3 Å². The van der Waals surface area contributed by atoms with Crippen molar-refractivity contribution in [3.8, 4) is 11.6 Å². The van der Waals surface area contributed by atoms with E-state index in [-0.39, 0.29) is 0 Å². The standard InChI is InChI=1S/C17H21ClN2O/c1-4-15-9-13(11-19-5-2)10-17(20-15)21-16-7-6-14(18)8-12(16)3/h6-10,19H,4-5,11H2,1-3H3. The minimum Gasteiger partial charge on any atom is -0.439 e. The molecule has 0 radical (unpaired) electrons. The highest BCUT2D eigenvalue weighted by Crippen LogP contribution is 2.27. The summed E-state index contributed by atoms with van der Waals surface area (Å²) in [5.74, 6) is 1.42. The summed E-state index contributed by atoms with van der Waals surface area (Å²) in [5.41, 5.74) is 3.22. The maximum absolute atomic E-state index is 5.97. The third-order valence-corrected chi connectivity index (χ3v) is 3.44. The van der Waals surface area contributed by atoms with E-state index in [0.29, 0.717) is 10.9 Å². The molecule has 3 nitrogen and oxygen atoms in total. The molecule has 2 rings (SSSR count). The van der Waals surface area contributed by atoms with Crippen molar-refractivity contribution in [3.05, 3.63) is 52.2 Å². The number of hydrogen-bond acceptors (Lipinski definition) is 3. The Balaban J connectivity index is 2.25. The number of nitrogens with one attached hydrogen (secondary N) is 1. The molecule has 0 aliphatic carbocycles. The van der Waals surface area contributed by atoms with Crippen LogP contribution in [0.15, 0.2) is 30.3 Å². The first kappa shape index (κ1) is 15.8. The second-order valence-corrected chi connectivity index (χ2v) is 5.39. The van der Waals surface area contributed by atoms with Crippen LogP contribution in [0.1, 0.15) is 30.7 Å². The Kier molecular flexibility index (Phi) is 5.59. The zero-order valence-electron chi connectivity index (χ0n) is 12.7. The van der Waals surface area contributed by atoms with Gasteiger partial charge in [0.15, 0.2) is 0 Å². The smallest absolute Gasteiger partial charge is 0.219 e. The van der Waals surface area contributed by atoms with Crippen LogP contribution in [0.25, 0.3) is 0 Å². The molecular weight excluding hydrogens is 284 g/mol. The maximum Gasteiger partial charge on any atom is 0.219 e. The number of halogens is 1. The summed E-state index contributed by atoms with van der Waals surface area (Å²) in [6.45, 7) is 7.93. The maximum atomic E-state index is 5.97. The molecule has 0 bridgehead atoms. The Bertz CT molecular complexity index is 614. The predicted octanol–water partition coefficient (Wildman–Crippen LogP) is 4.51. The monoisotopic (exact) mass is 304 g/mol. The Morgan fingerprint density at radius 3 is 2.67 bits per heavy atom. The Labute approximate surface area is 131 Å². The van der Waals surface area contributed by atoms with Crippen molar-refractivity contribution in [1.82, 2.24) is 10.3 Å². The molecule has 0 saturated heterocycles. The normalized spacial score (nSPS) is 10.7. The van der Waals surface area contributed by atoms with Crippen LogP contribution in [0.2, 0.25) is 5.02 Å². The number of aryl methyl sites for hydroxylation is 2. The number of aromatic nitrogens is 1. The van der Waals surface area contributed by atoms with E-state index >= 15 is 0 Å². The summed E-state index contributed by atoms with van der Waals surface area (Å²) in [4.78, 5) is 4.54. The van der Waals surface area contributed by atoms with Gasteiger partial charge < -0.3 is 10.1 Å². The molecule has 0 amide bonds. The second-order valence-electron chi connectivity index (χ2n) is 4.95. The summed E-state index contributed by atoms with van der Waals surface area (Å²) in [6, 6.07) is 9.69. The van der Waals surface area contributed by atoms with Crippen LogP contribution in [-0.4, -0.2) is 11.5 Å².